The van der Waals surface area contributed by atoms with Crippen LogP contribution in [0.15, 0.2) is 40.9 Å². The number of hydrogen-bond donors (Lipinski definition) is 1. The Balaban J connectivity index is 0.00000420. The minimum absolute atomic E-state index is 0. The number of carbonyl (C=O) groups excluding carboxylic acids is 2. The van der Waals surface area contributed by atoms with Crippen molar-refractivity contribution in [1.29, 1.82) is 0 Å². The molecule has 0 atom stereocenters. The zero-order valence-electron chi connectivity index (χ0n) is 22.5. The maximum Gasteiger partial charge on any atom is 0.257 e. The number of unbranched alkanes of at least 4 members (excludes halogenated alkanes) is 2. The Labute approximate surface area is 229 Å². The van der Waals surface area contributed by atoms with E-state index in [1.807, 2.05) is 30.1 Å². The zero-order valence-corrected chi connectivity index (χ0v) is 22.5. The SMILES string of the molecule is C.CCCCCNC(=O)CN(CC(=O)N(C)N1Cc2ccc(F)cc2C1)c1ccc(-c2nc(C)no2)cc1C. The normalized spacial score (nSPS) is 12.5. The number of nitrogens with one attached hydrogen (secondary N) is 1. The van der Waals surface area contributed by atoms with Gasteiger partial charge in [0, 0.05) is 37.9 Å². The van der Waals surface area contributed by atoms with E-state index in [-0.39, 0.29) is 38.1 Å². The Kier molecular flexibility index (Phi) is 10.2. The lowest BCUT2D eigenvalue weighted by Crippen LogP contribution is -2.48. The molecule has 0 radical (unpaired) electrons. The Morgan fingerprint density at radius 2 is 1.85 bits per heavy atom. The molecule has 2 aromatic carbocycles. The van der Waals surface area contributed by atoms with Crippen LogP contribution in [-0.4, -0.2) is 58.7 Å². The maximum absolute atomic E-state index is 13.7. The van der Waals surface area contributed by atoms with Crippen LogP contribution in [0, 0.1) is 19.7 Å². The first kappa shape index (κ1) is 29.8. The molecule has 0 spiro atoms. The molecule has 3 aromatic rings. The van der Waals surface area contributed by atoms with Crippen LogP contribution in [0.1, 0.15) is 56.1 Å². The number of aromatic nitrogens is 2. The van der Waals surface area contributed by atoms with E-state index in [0.717, 1.165) is 47.2 Å². The number of nitrogens with zero attached hydrogens (tertiary/aromatic N) is 5. The summed E-state index contributed by atoms with van der Waals surface area (Å²) in [6, 6.07) is 10.3. The third kappa shape index (κ3) is 7.41. The number of carbonyl (C=O) groups is 2. The van der Waals surface area contributed by atoms with Crippen molar-refractivity contribution in [3.05, 3.63) is 64.7 Å². The first-order chi connectivity index (χ1) is 18.2. The molecular weight excluding hydrogens is 499 g/mol. The lowest BCUT2D eigenvalue weighted by atomic mass is 10.1. The number of likely N-dealkylation sites (N-methyl/N-ethyl adjacent to an activating group) is 1. The van der Waals surface area contributed by atoms with Crippen molar-refractivity contribution < 1.29 is 18.5 Å². The van der Waals surface area contributed by atoms with Crippen molar-refractivity contribution in [2.24, 2.45) is 0 Å². The number of halogens is 1. The molecule has 1 aromatic heterocycles. The number of rotatable bonds is 11. The van der Waals surface area contributed by atoms with Crippen molar-refractivity contribution in [1.82, 2.24) is 25.5 Å². The van der Waals surface area contributed by atoms with Crippen LogP contribution in [0.25, 0.3) is 11.5 Å². The standard InChI is InChI=1S/C28H35FN6O3.CH4/c1-5-6-7-12-30-26(36)17-34(25-11-9-21(13-19(25)2)28-31-20(3)32-38-28)18-27(37)33(4)35-15-22-8-10-24(29)14-23(22)16-35;/h8-11,13-14H,5-7,12,15-18H2,1-4H3,(H,30,36);1H4. The van der Waals surface area contributed by atoms with Crippen LogP contribution in [0.3, 0.4) is 0 Å². The van der Waals surface area contributed by atoms with Gasteiger partial charge in [-0.05, 0) is 67.3 Å². The summed E-state index contributed by atoms with van der Waals surface area (Å²) in [5.41, 5.74) is 4.27. The van der Waals surface area contributed by atoms with E-state index in [1.54, 1.807) is 29.9 Å². The molecule has 210 valence electrons. The Hall–Kier alpha value is -3.79. The summed E-state index contributed by atoms with van der Waals surface area (Å²) in [7, 11) is 1.71. The molecule has 4 rings (SSSR count). The minimum Gasteiger partial charge on any atom is -0.355 e. The van der Waals surface area contributed by atoms with Gasteiger partial charge in [0.25, 0.3) is 11.8 Å². The van der Waals surface area contributed by atoms with Gasteiger partial charge in [-0.15, -0.1) is 0 Å². The van der Waals surface area contributed by atoms with E-state index in [2.05, 4.69) is 22.4 Å². The van der Waals surface area contributed by atoms with Gasteiger partial charge in [-0.1, -0.05) is 38.4 Å². The average molecular weight is 539 g/mol. The average Bonchev–Trinajstić information content (AvgIpc) is 3.51. The molecule has 0 unspecified atom stereocenters. The molecule has 10 heteroatoms. The van der Waals surface area contributed by atoms with E-state index in [9.17, 15) is 14.0 Å². The number of benzene rings is 2. The van der Waals surface area contributed by atoms with Gasteiger partial charge in [0.05, 0.1) is 13.1 Å². The molecule has 0 aliphatic carbocycles. The smallest absolute Gasteiger partial charge is 0.257 e. The number of fused-ring (bicyclic) bond motifs is 1. The van der Waals surface area contributed by atoms with Crippen molar-refractivity contribution in [2.75, 3.05) is 31.6 Å². The highest BCUT2D eigenvalue weighted by molar-refractivity contribution is 5.87. The largest absolute Gasteiger partial charge is 0.355 e. The molecule has 1 aliphatic rings. The monoisotopic (exact) mass is 538 g/mol. The van der Waals surface area contributed by atoms with Crippen LogP contribution in [-0.2, 0) is 22.7 Å². The lowest BCUT2D eigenvalue weighted by Gasteiger charge is -2.32. The molecule has 1 N–H and O–H groups in total. The summed E-state index contributed by atoms with van der Waals surface area (Å²) in [5, 5.41) is 10.3. The third-order valence-corrected chi connectivity index (χ3v) is 6.73. The second-order valence-corrected chi connectivity index (χ2v) is 9.71. The van der Waals surface area contributed by atoms with Gasteiger partial charge < -0.3 is 14.7 Å². The van der Waals surface area contributed by atoms with E-state index in [0.29, 0.717) is 31.3 Å². The van der Waals surface area contributed by atoms with E-state index in [4.69, 9.17) is 4.52 Å². The van der Waals surface area contributed by atoms with Gasteiger partial charge in [0.1, 0.15) is 5.82 Å². The molecule has 0 saturated carbocycles. The number of anilines is 1. The first-order valence-corrected chi connectivity index (χ1v) is 13.0. The van der Waals surface area contributed by atoms with Crippen LogP contribution in [0.2, 0.25) is 0 Å². The minimum atomic E-state index is -0.287. The summed E-state index contributed by atoms with van der Waals surface area (Å²) in [4.78, 5) is 32.3. The van der Waals surface area contributed by atoms with E-state index < -0.39 is 0 Å². The van der Waals surface area contributed by atoms with Gasteiger partial charge in [-0.25, -0.2) is 9.40 Å². The maximum atomic E-state index is 13.7. The van der Waals surface area contributed by atoms with Crippen LogP contribution in [0.5, 0.6) is 0 Å². The molecular formula is C29H39FN6O3. The Morgan fingerprint density at radius 3 is 2.54 bits per heavy atom. The zero-order chi connectivity index (χ0) is 27.2. The number of hydrogen-bond acceptors (Lipinski definition) is 7. The quantitative estimate of drug-likeness (QED) is 0.356. The Morgan fingerprint density at radius 1 is 1.08 bits per heavy atom. The van der Waals surface area contributed by atoms with Crippen molar-refractivity contribution >= 4 is 17.5 Å². The highest BCUT2D eigenvalue weighted by atomic mass is 19.1. The summed E-state index contributed by atoms with van der Waals surface area (Å²) in [6.45, 7) is 7.41. The highest BCUT2D eigenvalue weighted by Crippen LogP contribution is 2.28. The summed E-state index contributed by atoms with van der Waals surface area (Å²) in [6.07, 6.45) is 3.03. The fourth-order valence-electron chi connectivity index (χ4n) is 4.60. The fraction of sp³-hybridized carbons (Fsp3) is 0.448. The second-order valence-electron chi connectivity index (χ2n) is 9.71. The van der Waals surface area contributed by atoms with Gasteiger partial charge >= 0.3 is 0 Å². The first-order valence-electron chi connectivity index (χ1n) is 13.0. The van der Waals surface area contributed by atoms with Crippen molar-refractivity contribution in [3.8, 4) is 11.5 Å². The van der Waals surface area contributed by atoms with Gasteiger partial charge in [0.2, 0.25) is 5.91 Å². The van der Waals surface area contributed by atoms with E-state index >= 15 is 0 Å². The molecule has 0 saturated heterocycles. The summed E-state index contributed by atoms with van der Waals surface area (Å²) in [5.74, 6) is 0.358. The second kappa shape index (κ2) is 13.3. The highest BCUT2D eigenvalue weighted by Gasteiger charge is 2.27. The van der Waals surface area contributed by atoms with Gasteiger partial charge in [-0.3, -0.25) is 14.6 Å². The topological polar surface area (TPSA) is 94.8 Å². The number of hydrazine groups is 1. The predicted octanol–water partition coefficient (Wildman–Crippen LogP) is 4.63. The molecule has 1 aliphatic heterocycles. The van der Waals surface area contributed by atoms with E-state index in [1.165, 1.54) is 12.1 Å². The van der Waals surface area contributed by atoms with Crippen LogP contribution >= 0.6 is 0 Å². The molecule has 2 amide bonds. The summed E-state index contributed by atoms with van der Waals surface area (Å²) < 4.78 is 19.0. The lowest BCUT2D eigenvalue weighted by molar-refractivity contribution is -0.145. The molecule has 2 heterocycles. The molecule has 0 fully saturated rings. The number of aryl methyl sites for hydroxylation is 2. The molecule has 0 bridgehead atoms. The van der Waals surface area contributed by atoms with Gasteiger partial charge in [-0.2, -0.15) is 4.98 Å². The van der Waals surface area contributed by atoms with Crippen LogP contribution < -0.4 is 10.2 Å². The third-order valence-electron chi connectivity index (χ3n) is 6.73. The van der Waals surface area contributed by atoms with Crippen molar-refractivity contribution in [2.45, 2.75) is 60.5 Å². The molecule has 39 heavy (non-hydrogen) atoms. The number of amides is 2. The van der Waals surface area contributed by atoms with Crippen LogP contribution in [0.4, 0.5) is 10.1 Å². The Bertz CT molecular complexity index is 1290. The van der Waals surface area contributed by atoms with Crippen molar-refractivity contribution in [3.63, 3.8) is 0 Å². The molecule has 9 nitrogen and oxygen atoms in total. The van der Waals surface area contributed by atoms with Gasteiger partial charge in [0.15, 0.2) is 5.82 Å². The predicted molar refractivity (Wildman–Crippen MR) is 149 cm³/mol. The summed E-state index contributed by atoms with van der Waals surface area (Å²) >= 11 is 0. The fourth-order valence-corrected chi connectivity index (χ4v) is 4.60.